The normalized spacial score (nSPS) is 12.3. The van der Waals surface area contributed by atoms with Crippen molar-refractivity contribution < 1.29 is 31.2 Å². The average molecular weight is 700 g/mol. The molecule has 0 unspecified atom stereocenters. The number of aryl methyl sites for hydroxylation is 1. The van der Waals surface area contributed by atoms with E-state index in [4.69, 9.17) is 11.6 Å². The van der Waals surface area contributed by atoms with Crippen molar-refractivity contribution in [2.75, 3.05) is 17.4 Å². The predicted octanol–water partition coefficient (Wildman–Crippen LogP) is 7.42. The second-order valence-electron chi connectivity index (χ2n) is 11.3. The maximum atomic E-state index is 14.6. The summed E-state index contributed by atoms with van der Waals surface area (Å²) < 4.78 is 70.4. The number of carbonyl (C=O) groups excluding carboxylic acids is 2. The first-order valence-electron chi connectivity index (χ1n) is 15.4. The third-order valence-electron chi connectivity index (χ3n) is 7.85. The first-order valence-corrected chi connectivity index (χ1v) is 17.2. The third kappa shape index (κ3) is 9.17. The molecule has 0 saturated heterocycles. The summed E-state index contributed by atoms with van der Waals surface area (Å²) >= 11 is 6.38. The summed E-state index contributed by atoms with van der Waals surface area (Å²) in [6.45, 7) is 3.18. The van der Waals surface area contributed by atoms with Crippen molar-refractivity contribution in [3.05, 3.63) is 130 Å². The lowest BCUT2D eigenvalue weighted by molar-refractivity contribution is -0.140. The number of alkyl halides is 3. The summed E-state index contributed by atoms with van der Waals surface area (Å²) in [4.78, 5) is 29.4. The first-order chi connectivity index (χ1) is 22.8. The highest BCUT2D eigenvalue weighted by atomic mass is 35.5. The highest BCUT2D eigenvalue weighted by Crippen LogP contribution is 2.37. The Morgan fingerprint density at radius 1 is 0.896 bits per heavy atom. The molecule has 1 atom stereocenters. The van der Waals surface area contributed by atoms with Crippen LogP contribution in [0.1, 0.15) is 42.0 Å². The summed E-state index contributed by atoms with van der Waals surface area (Å²) in [6, 6.07) is 24.6. The largest absolute Gasteiger partial charge is 0.416 e. The Morgan fingerprint density at radius 2 is 1.52 bits per heavy atom. The molecule has 0 aliphatic heterocycles. The second kappa shape index (κ2) is 16.2. The summed E-state index contributed by atoms with van der Waals surface area (Å²) in [6.07, 6.45) is -3.20. The van der Waals surface area contributed by atoms with Crippen molar-refractivity contribution in [1.82, 2.24) is 10.2 Å². The van der Waals surface area contributed by atoms with Gasteiger partial charge in [0.2, 0.25) is 11.8 Å². The molecule has 0 bridgehead atoms. The molecule has 12 heteroatoms. The summed E-state index contributed by atoms with van der Waals surface area (Å²) in [5, 5.41) is 2.60. The molecule has 4 aromatic carbocycles. The molecule has 0 aliphatic carbocycles. The molecule has 1 N–H and O–H groups in total. The molecule has 4 rings (SSSR count). The van der Waals surface area contributed by atoms with Crippen molar-refractivity contribution in [2.45, 2.75) is 56.8 Å². The molecule has 0 radical (unpaired) electrons. The van der Waals surface area contributed by atoms with Gasteiger partial charge in [0, 0.05) is 19.5 Å². The molecule has 0 heterocycles. The van der Waals surface area contributed by atoms with E-state index in [0.29, 0.717) is 28.9 Å². The fourth-order valence-electron chi connectivity index (χ4n) is 5.14. The minimum Gasteiger partial charge on any atom is -0.354 e. The van der Waals surface area contributed by atoms with Crippen LogP contribution < -0.4 is 9.62 Å². The Balaban J connectivity index is 1.86. The number of nitrogens with zero attached hydrogens (tertiary/aromatic N) is 2. The number of hydrogen-bond donors (Lipinski definition) is 1. The quantitative estimate of drug-likeness (QED) is 0.139. The van der Waals surface area contributed by atoms with Gasteiger partial charge in [-0.15, -0.1) is 0 Å². The maximum Gasteiger partial charge on any atom is 0.416 e. The number of hydrogen-bond acceptors (Lipinski definition) is 4. The van der Waals surface area contributed by atoms with Crippen molar-refractivity contribution in [2.24, 2.45) is 0 Å². The molecule has 48 heavy (non-hydrogen) atoms. The number of carbonyl (C=O) groups is 2. The highest BCUT2D eigenvalue weighted by molar-refractivity contribution is 7.92. The molecule has 0 spiro atoms. The van der Waals surface area contributed by atoms with Crippen molar-refractivity contribution in [3.8, 4) is 0 Å². The molecule has 0 aromatic heterocycles. The number of nitrogens with one attached hydrogen (secondary N) is 1. The smallest absolute Gasteiger partial charge is 0.354 e. The van der Waals surface area contributed by atoms with Crippen molar-refractivity contribution in [3.63, 3.8) is 0 Å². The van der Waals surface area contributed by atoms with E-state index in [9.17, 15) is 31.2 Å². The lowest BCUT2D eigenvalue weighted by Crippen LogP contribution is -2.53. The molecule has 4 aromatic rings. The van der Waals surface area contributed by atoms with E-state index in [0.717, 1.165) is 29.7 Å². The van der Waals surface area contributed by atoms with E-state index in [-0.39, 0.29) is 22.9 Å². The van der Waals surface area contributed by atoms with Crippen LogP contribution in [0.4, 0.5) is 18.9 Å². The minimum atomic E-state index is -4.82. The molecular weight excluding hydrogens is 663 g/mol. The van der Waals surface area contributed by atoms with Gasteiger partial charge in [0.25, 0.3) is 10.0 Å². The monoisotopic (exact) mass is 699 g/mol. The first kappa shape index (κ1) is 36.5. The second-order valence-corrected chi connectivity index (χ2v) is 13.6. The molecule has 7 nitrogen and oxygen atoms in total. The van der Waals surface area contributed by atoms with E-state index >= 15 is 0 Å². The molecule has 2 amide bonds. The van der Waals surface area contributed by atoms with E-state index in [1.165, 1.54) is 29.2 Å². The Hall–Kier alpha value is -4.35. The van der Waals surface area contributed by atoms with Crippen LogP contribution in [-0.2, 0) is 38.8 Å². The number of halogens is 4. The van der Waals surface area contributed by atoms with Crippen molar-refractivity contribution >= 4 is 39.1 Å². The van der Waals surface area contributed by atoms with Crippen LogP contribution in [-0.4, -0.2) is 44.3 Å². The zero-order chi connectivity index (χ0) is 34.9. The van der Waals surface area contributed by atoms with Crippen LogP contribution in [0, 0.1) is 6.92 Å². The number of amides is 2. The van der Waals surface area contributed by atoms with Gasteiger partial charge in [-0.3, -0.25) is 13.9 Å². The van der Waals surface area contributed by atoms with Gasteiger partial charge in [-0.1, -0.05) is 97.7 Å². The lowest BCUT2D eigenvalue weighted by Gasteiger charge is -2.34. The van der Waals surface area contributed by atoms with Gasteiger partial charge in [-0.25, -0.2) is 8.42 Å². The molecule has 254 valence electrons. The molecular formula is C36H37ClF3N3O4S. The SMILES string of the molecule is CCCCNC(=O)[C@H](Cc1ccccc1)N(Cc1ccccc1C)C(=O)CN(c1cc(C(F)(F)F)ccc1Cl)S(=O)(=O)c1ccccc1. The highest BCUT2D eigenvalue weighted by Gasteiger charge is 2.37. The third-order valence-corrected chi connectivity index (χ3v) is 9.95. The summed E-state index contributed by atoms with van der Waals surface area (Å²) in [7, 11) is -4.64. The van der Waals surface area contributed by atoms with Gasteiger partial charge in [-0.05, 0) is 60.4 Å². The number of benzene rings is 4. The predicted molar refractivity (Wildman–Crippen MR) is 181 cm³/mol. The van der Waals surface area contributed by atoms with Gasteiger partial charge >= 0.3 is 6.18 Å². The van der Waals surface area contributed by atoms with E-state index in [2.05, 4.69) is 5.32 Å². The van der Waals surface area contributed by atoms with Gasteiger partial charge in [0.15, 0.2) is 0 Å². The number of rotatable bonds is 14. The van der Waals surface area contributed by atoms with Crippen LogP contribution in [0.3, 0.4) is 0 Å². The van der Waals surface area contributed by atoms with E-state index in [1.807, 2.05) is 44.2 Å². The summed E-state index contributed by atoms with van der Waals surface area (Å²) in [5.41, 5.74) is 0.628. The van der Waals surface area contributed by atoms with Crippen LogP contribution in [0.2, 0.25) is 5.02 Å². The fraction of sp³-hybridized carbons (Fsp3) is 0.278. The zero-order valence-corrected chi connectivity index (χ0v) is 28.2. The Labute approximate surface area is 284 Å². The van der Waals surface area contributed by atoms with Crippen LogP contribution in [0.5, 0.6) is 0 Å². The van der Waals surface area contributed by atoms with Gasteiger partial charge < -0.3 is 10.2 Å². The maximum absolute atomic E-state index is 14.6. The fourth-order valence-corrected chi connectivity index (χ4v) is 6.86. The van der Waals surface area contributed by atoms with Gasteiger partial charge in [0.1, 0.15) is 12.6 Å². The Bertz CT molecular complexity index is 1810. The number of sulfonamides is 1. The molecule has 0 saturated carbocycles. The van der Waals surface area contributed by atoms with Crippen molar-refractivity contribution in [1.29, 1.82) is 0 Å². The molecule has 0 aliphatic rings. The van der Waals surface area contributed by atoms with Crippen LogP contribution in [0.25, 0.3) is 0 Å². The standard InChI is InChI=1S/C36H37ClF3N3O4S/c1-3-4-21-41-35(45)33(22-27-14-7-5-8-15-27)42(24-28-16-12-11-13-26(28)2)34(44)25-43(48(46,47)30-17-9-6-10-18-30)32-23-29(36(38,39)40)19-20-31(32)37/h5-20,23,33H,3-4,21-22,24-25H2,1-2H3,(H,41,45)/t33-/m0/s1. The van der Waals surface area contributed by atoms with E-state index < -0.39 is 51.9 Å². The minimum absolute atomic E-state index is 0.0697. The van der Waals surface area contributed by atoms with Gasteiger partial charge in [-0.2, -0.15) is 13.2 Å². The number of unbranched alkanes of at least 4 members (excludes halogenated alkanes) is 1. The number of anilines is 1. The zero-order valence-electron chi connectivity index (χ0n) is 26.6. The molecule has 0 fully saturated rings. The topological polar surface area (TPSA) is 86.8 Å². The van der Waals surface area contributed by atoms with Crippen LogP contribution in [0.15, 0.2) is 108 Å². The summed E-state index contributed by atoms with van der Waals surface area (Å²) in [5.74, 6) is -1.25. The van der Waals surface area contributed by atoms with Crippen LogP contribution >= 0.6 is 11.6 Å². The Kier molecular flexibility index (Phi) is 12.3. The Morgan fingerprint density at radius 3 is 2.15 bits per heavy atom. The van der Waals surface area contributed by atoms with E-state index in [1.54, 1.807) is 30.3 Å². The lowest BCUT2D eigenvalue weighted by atomic mass is 10.0. The average Bonchev–Trinajstić information content (AvgIpc) is 3.06. The van der Waals surface area contributed by atoms with Gasteiger partial charge in [0.05, 0.1) is 21.2 Å².